The molecule has 0 aliphatic carbocycles. The molecule has 1 unspecified atom stereocenters. The second kappa shape index (κ2) is 4.92. The topological polar surface area (TPSA) is 38.1 Å². The first-order valence-corrected chi connectivity index (χ1v) is 6.80. The molecule has 0 radical (unpaired) electrons. The lowest BCUT2D eigenvalue weighted by Gasteiger charge is -2.12. The van der Waals surface area contributed by atoms with Gasteiger partial charge in [0.25, 0.3) is 0 Å². The van der Waals surface area contributed by atoms with Crippen LogP contribution < -0.4 is 5.32 Å². The maximum absolute atomic E-state index is 5.30. The van der Waals surface area contributed by atoms with Crippen molar-refractivity contribution in [2.75, 3.05) is 0 Å². The number of hydrogen-bond acceptors (Lipinski definition) is 4. The van der Waals surface area contributed by atoms with Crippen molar-refractivity contribution in [2.24, 2.45) is 0 Å². The van der Waals surface area contributed by atoms with Crippen LogP contribution in [0.4, 0.5) is 0 Å². The van der Waals surface area contributed by atoms with Gasteiger partial charge in [-0.1, -0.05) is 0 Å². The van der Waals surface area contributed by atoms with Gasteiger partial charge in [-0.05, 0) is 42.1 Å². The zero-order valence-electron chi connectivity index (χ0n) is 10.1. The van der Waals surface area contributed by atoms with Gasteiger partial charge in [-0.15, -0.1) is 11.3 Å². The van der Waals surface area contributed by atoms with Crippen LogP contribution in [0.3, 0.4) is 0 Å². The second-order valence-corrected chi connectivity index (χ2v) is 5.20. The van der Waals surface area contributed by atoms with Gasteiger partial charge in [0.1, 0.15) is 5.76 Å². The number of aromatic nitrogens is 1. The molecular formula is C14H14N2OS. The predicted molar refractivity (Wildman–Crippen MR) is 73.6 cm³/mol. The summed E-state index contributed by atoms with van der Waals surface area (Å²) in [5, 5.41) is 5.50. The number of fused-ring (bicyclic) bond motifs is 1. The third kappa shape index (κ3) is 2.30. The molecule has 1 atom stereocenters. The second-order valence-electron chi connectivity index (χ2n) is 4.25. The van der Waals surface area contributed by atoms with Gasteiger partial charge < -0.3 is 9.73 Å². The lowest BCUT2D eigenvalue weighted by atomic mass is 10.1. The zero-order valence-corrected chi connectivity index (χ0v) is 10.9. The SMILES string of the molecule is CC(NCc1ccco1)c1cnc2ccsc2c1. The first kappa shape index (κ1) is 11.4. The molecule has 0 bridgehead atoms. The van der Waals surface area contributed by atoms with Crippen molar-refractivity contribution >= 4 is 21.6 Å². The van der Waals surface area contributed by atoms with E-state index in [0.29, 0.717) is 0 Å². The fourth-order valence-corrected chi connectivity index (χ4v) is 2.67. The molecule has 0 spiro atoms. The standard InChI is InChI=1S/C14H14N2OS/c1-10(15-9-12-3-2-5-17-12)11-7-14-13(16-8-11)4-6-18-14/h2-8,10,15H,9H2,1H3. The van der Waals surface area contributed by atoms with E-state index in [1.807, 2.05) is 24.4 Å². The molecule has 3 heterocycles. The molecule has 3 aromatic rings. The lowest BCUT2D eigenvalue weighted by molar-refractivity contribution is 0.460. The molecule has 18 heavy (non-hydrogen) atoms. The fourth-order valence-electron chi connectivity index (χ4n) is 1.88. The molecule has 3 aromatic heterocycles. The summed E-state index contributed by atoms with van der Waals surface area (Å²) in [6, 6.07) is 8.38. The zero-order chi connectivity index (χ0) is 12.4. The van der Waals surface area contributed by atoms with E-state index in [1.54, 1.807) is 17.6 Å². The maximum Gasteiger partial charge on any atom is 0.117 e. The molecule has 0 amide bonds. The van der Waals surface area contributed by atoms with Gasteiger partial charge in [0, 0.05) is 12.2 Å². The highest BCUT2D eigenvalue weighted by Gasteiger charge is 2.07. The molecular weight excluding hydrogens is 244 g/mol. The molecule has 0 saturated carbocycles. The van der Waals surface area contributed by atoms with Crippen LogP contribution in [0, 0.1) is 0 Å². The normalized spacial score (nSPS) is 12.9. The Morgan fingerprint density at radius 1 is 1.44 bits per heavy atom. The van der Waals surface area contributed by atoms with E-state index in [9.17, 15) is 0 Å². The average molecular weight is 258 g/mol. The summed E-state index contributed by atoms with van der Waals surface area (Å²) >= 11 is 1.73. The van der Waals surface area contributed by atoms with Gasteiger partial charge in [0.2, 0.25) is 0 Å². The van der Waals surface area contributed by atoms with Gasteiger partial charge in [-0.25, -0.2) is 0 Å². The number of furan rings is 1. The number of nitrogens with one attached hydrogen (secondary N) is 1. The van der Waals surface area contributed by atoms with Gasteiger partial charge in [0.15, 0.2) is 0 Å². The summed E-state index contributed by atoms with van der Waals surface area (Å²) in [5.41, 5.74) is 2.28. The lowest BCUT2D eigenvalue weighted by Crippen LogP contribution is -2.17. The Labute approximate surface area is 109 Å². The molecule has 0 aliphatic heterocycles. The Bertz CT molecular complexity index is 630. The Morgan fingerprint density at radius 2 is 2.39 bits per heavy atom. The smallest absolute Gasteiger partial charge is 0.117 e. The summed E-state index contributed by atoms with van der Waals surface area (Å²) < 4.78 is 6.54. The Morgan fingerprint density at radius 3 is 3.22 bits per heavy atom. The summed E-state index contributed by atoms with van der Waals surface area (Å²) in [5.74, 6) is 0.951. The van der Waals surface area contributed by atoms with E-state index in [4.69, 9.17) is 4.42 Å². The molecule has 0 saturated heterocycles. The van der Waals surface area contributed by atoms with Crippen LogP contribution in [0.2, 0.25) is 0 Å². The number of thiophene rings is 1. The first-order chi connectivity index (χ1) is 8.83. The first-order valence-electron chi connectivity index (χ1n) is 5.92. The minimum Gasteiger partial charge on any atom is -0.468 e. The molecule has 0 aliphatic rings. The summed E-state index contributed by atoms with van der Waals surface area (Å²) in [4.78, 5) is 4.45. The van der Waals surface area contributed by atoms with Crippen LogP contribution in [0.1, 0.15) is 24.3 Å². The predicted octanol–water partition coefficient (Wildman–Crippen LogP) is 3.74. The Hall–Kier alpha value is -1.65. The fraction of sp³-hybridized carbons (Fsp3) is 0.214. The van der Waals surface area contributed by atoms with Crippen molar-refractivity contribution in [2.45, 2.75) is 19.5 Å². The van der Waals surface area contributed by atoms with E-state index in [0.717, 1.165) is 17.8 Å². The molecule has 92 valence electrons. The van der Waals surface area contributed by atoms with E-state index < -0.39 is 0 Å². The number of hydrogen-bond donors (Lipinski definition) is 1. The van der Waals surface area contributed by atoms with Crippen LogP contribution in [-0.4, -0.2) is 4.98 Å². The average Bonchev–Trinajstić information content (AvgIpc) is 3.05. The maximum atomic E-state index is 5.30. The number of nitrogens with zero attached hydrogens (tertiary/aromatic N) is 1. The molecule has 3 rings (SSSR count). The van der Waals surface area contributed by atoms with E-state index in [1.165, 1.54) is 10.3 Å². The molecule has 0 aromatic carbocycles. The minimum atomic E-state index is 0.258. The number of pyridine rings is 1. The van der Waals surface area contributed by atoms with Crippen LogP contribution in [0.25, 0.3) is 10.2 Å². The third-order valence-corrected chi connectivity index (χ3v) is 3.84. The van der Waals surface area contributed by atoms with Crippen LogP contribution in [-0.2, 0) is 6.54 Å². The molecule has 4 heteroatoms. The van der Waals surface area contributed by atoms with E-state index >= 15 is 0 Å². The van der Waals surface area contributed by atoms with Crippen molar-refractivity contribution in [3.8, 4) is 0 Å². The molecule has 0 fully saturated rings. The number of rotatable bonds is 4. The van der Waals surface area contributed by atoms with Gasteiger partial charge in [0.05, 0.1) is 23.0 Å². The summed E-state index contributed by atoms with van der Waals surface area (Å²) in [6.07, 6.45) is 3.63. The van der Waals surface area contributed by atoms with Crippen molar-refractivity contribution < 1.29 is 4.42 Å². The van der Waals surface area contributed by atoms with E-state index in [2.05, 4.69) is 28.7 Å². The van der Waals surface area contributed by atoms with Gasteiger partial charge in [-0.3, -0.25) is 4.98 Å². The Kier molecular flexibility index (Phi) is 3.13. The van der Waals surface area contributed by atoms with Crippen LogP contribution >= 0.6 is 11.3 Å². The van der Waals surface area contributed by atoms with Crippen molar-refractivity contribution in [1.82, 2.24) is 10.3 Å². The van der Waals surface area contributed by atoms with Gasteiger partial charge in [-0.2, -0.15) is 0 Å². The van der Waals surface area contributed by atoms with Crippen LogP contribution in [0.5, 0.6) is 0 Å². The van der Waals surface area contributed by atoms with Crippen molar-refractivity contribution in [3.05, 3.63) is 53.4 Å². The summed E-state index contributed by atoms with van der Waals surface area (Å²) in [7, 11) is 0. The van der Waals surface area contributed by atoms with Gasteiger partial charge >= 0.3 is 0 Å². The largest absolute Gasteiger partial charge is 0.468 e. The highest BCUT2D eigenvalue weighted by molar-refractivity contribution is 7.17. The quantitative estimate of drug-likeness (QED) is 0.774. The minimum absolute atomic E-state index is 0.258. The van der Waals surface area contributed by atoms with Crippen molar-refractivity contribution in [1.29, 1.82) is 0 Å². The van der Waals surface area contributed by atoms with Crippen molar-refractivity contribution in [3.63, 3.8) is 0 Å². The monoisotopic (exact) mass is 258 g/mol. The molecule has 3 nitrogen and oxygen atoms in total. The van der Waals surface area contributed by atoms with E-state index in [-0.39, 0.29) is 6.04 Å². The highest BCUT2D eigenvalue weighted by Crippen LogP contribution is 2.22. The van der Waals surface area contributed by atoms with Crippen LogP contribution in [0.15, 0.2) is 46.5 Å². The Balaban J connectivity index is 1.72. The third-order valence-electron chi connectivity index (χ3n) is 2.99. The molecule has 1 N–H and O–H groups in total. The highest BCUT2D eigenvalue weighted by atomic mass is 32.1. The summed E-state index contributed by atoms with van der Waals surface area (Å²) in [6.45, 7) is 2.87.